The zero-order valence-corrected chi connectivity index (χ0v) is 17.6. The fourth-order valence-corrected chi connectivity index (χ4v) is 3.89. The molecule has 0 bridgehead atoms. The molecule has 1 N–H and O–H groups in total. The van der Waals surface area contributed by atoms with Gasteiger partial charge in [-0.3, -0.25) is 4.90 Å². The second-order valence-electron chi connectivity index (χ2n) is 7.23. The number of rotatable bonds is 6. The maximum absolute atomic E-state index is 12.0. The van der Waals surface area contributed by atoms with Gasteiger partial charge >= 0.3 is 5.97 Å². The number of ether oxygens (including phenoxy) is 3. The molecule has 0 spiro atoms. The van der Waals surface area contributed by atoms with Gasteiger partial charge in [-0.05, 0) is 31.0 Å². The summed E-state index contributed by atoms with van der Waals surface area (Å²) >= 11 is 0. The second-order valence-corrected chi connectivity index (χ2v) is 7.23. The van der Waals surface area contributed by atoms with Gasteiger partial charge in [-0.2, -0.15) is 0 Å². The van der Waals surface area contributed by atoms with Gasteiger partial charge in [0.25, 0.3) is 0 Å². The molecule has 0 aliphatic carbocycles. The molecular weight excluding hydrogens is 372 g/mol. The summed E-state index contributed by atoms with van der Waals surface area (Å²) in [6, 6.07) is 6.06. The normalized spacial score (nSPS) is 20.6. The number of carbonyl (C=O) groups is 1. The molecule has 0 aromatic heterocycles. The first kappa shape index (κ1) is 21.4. The standard InChI is InChI=1S/C21H32N4O4/c1-4-22-21(25-8-7-17(15-25)24-9-11-29-12-10-24)23-14-16-5-6-19(27-2)18(13-16)20(26)28-3/h5-6,13,17H,4,7-12,14-15H2,1-3H3,(H,22,23). The van der Waals surface area contributed by atoms with Gasteiger partial charge in [-0.15, -0.1) is 0 Å². The summed E-state index contributed by atoms with van der Waals surface area (Å²) in [7, 11) is 2.91. The van der Waals surface area contributed by atoms with E-state index in [9.17, 15) is 4.79 Å². The van der Waals surface area contributed by atoms with Crippen LogP contribution in [0, 0.1) is 0 Å². The number of nitrogens with zero attached hydrogens (tertiary/aromatic N) is 3. The van der Waals surface area contributed by atoms with Crippen LogP contribution in [-0.4, -0.2) is 87.9 Å². The molecule has 1 aromatic rings. The summed E-state index contributed by atoms with van der Waals surface area (Å²) in [5.41, 5.74) is 1.35. The minimum absolute atomic E-state index is 0.410. The number of hydrogen-bond donors (Lipinski definition) is 1. The van der Waals surface area contributed by atoms with E-state index in [4.69, 9.17) is 19.2 Å². The molecule has 1 aromatic carbocycles. The Morgan fingerprint density at radius 1 is 1.28 bits per heavy atom. The van der Waals surface area contributed by atoms with Crippen LogP contribution in [0.15, 0.2) is 23.2 Å². The molecule has 1 atom stereocenters. The molecule has 2 saturated heterocycles. The van der Waals surface area contributed by atoms with E-state index in [0.29, 0.717) is 23.9 Å². The average molecular weight is 405 g/mol. The van der Waals surface area contributed by atoms with E-state index in [1.54, 1.807) is 19.2 Å². The fraction of sp³-hybridized carbons (Fsp3) is 0.619. The van der Waals surface area contributed by atoms with Crippen LogP contribution in [0.2, 0.25) is 0 Å². The summed E-state index contributed by atoms with van der Waals surface area (Å²) in [5, 5.41) is 3.41. The van der Waals surface area contributed by atoms with Crippen LogP contribution in [0.1, 0.15) is 29.3 Å². The summed E-state index contributed by atoms with van der Waals surface area (Å²) < 4.78 is 15.6. The van der Waals surface area contributed by atoms with Crippen molar-refractivity contribution in [2.45, 2.75) is 25.9 Å². The molecule has 0 saturated carbocycles. The minimum Gasteiger partial charge on any atom is -0.496 e. The number of esters is 1. The molecule has 2 aliphatic rings. The minimum atomic E-state index is -0.410. The van der Waals surface area contributed by atoms with Crippen LogP contribution in [0.4, 0.5) is 0 Å². The maximum atomic E-state index is 12.0. The highest BCUT2D eigenvalue weighted by Crippen LogP contribution is 2.22. The fourth-order valence-electron chi connectivity index (χ4n) is 3.89. The van der Waals surface area contributed by atoms with Crippen LogP contribution in [0.3, 0.4) is 0 Å². The highest BCUT2D eigenvalue weighted by atomic mass is 16.5. The zero-order chi connectivity index (χ0) is 20.6. The van der Waals surface area contributed by atoms with Crippen LogP contribution in [-0.2, 0) is 16.0 Å². The lowest BCUT2D eigenvalue weighted by atomic mass is 10.1. The number of guanidine groups is 1. The van der Waals surface area contributed by atoms with Gasteiger partial charge in [0.05, 0.1) is 34.0 Å². The first-order chi connectivity index (χ1) is 14.2. The zero-order valence-electron chi connectivity index (χ0n) is 17.6. The molecule has 2 fully saturated rings. The molecule has 3 rings (SSSR count). The molecule has 8 heteroatoms. The van der Waals surface area contributed by atoms with Crippen LogP contribution in [0.5, 0.6) is 5.75 Å². The highest BCUT2D eigenvalue weighted by molar-refractivity contribution is 5.92. The lowest BCUT2D eigenvalue weighted by Gasteiger charge is -2.32. The first-order valence-corrected chi connectivity index (χ1v) is 10.3. The maximum Gasteiger partial charge on any atom is 0.341 e. The SMILES string of the molecule is CCNC(=NCc1ccc(OC)c(C(=O)OC)c1)N1CCC(N2CCOCC2)C1. The Hall–Kier alpha value is -2.32. The van der Waals surface area contributed by atoms with Crippen molar-refractivity contribution in [3.8, 4) is 5.75 Å². The predicted octanol–water partition coefficient (Wildman–Crippen LogP) is 1.35. The Kier molecular flexibility index (Phi) is 7.71. The van der Waals surface area contributed by atoms with Crippen molar-refractivity contribution in [1.29, 1.82) is 0 Å². The van der Waals surface area contributed by atoms with E-state index in [0.717, 1.165) is 63.9 Å². The number of methoxy groups -OCH3 is 2. The molecule has 2 heterocycles. The molecule has 160 valence electrons. The predicted molar refractivity (Wildman–Crippen MR) is 112 cm³/mol. The number of morpholine rings is 1. The lowest BCUT2D eigenvalue weighted by molar-refractivity contribution is 0.0195. The first-order valence-electron chi connectivity index (χ1n) is 10.3. The van der Waals surface area contributed by atoms with Gasteiger partial charge in [-0.1, -0.05) is 6.07 Å². The molecule has 0 amide bonds. The topological polar surface area (TPSA) is 75.6 Å². The summed E-state index contributed by atoms with van der Waals surface area (Å²) in [4.78, 5) is 21.7. The molecule has 1 unspecified atom stereocenters. The Bertz CT molecular complexity index is 719. The molecule has 2 aliphatic heterocycles. The molecule has 29 heavy (non-hydrogen) atoms. The molecule has 8 nitrogen and oxygen atoms in total. The van der Waals surface area contributed by atoms with Gasteiger partial charge in [0.15, 0.2) is 5.96 Å². The lowest BCUT2D eigenvalue weighted by Crippen LogP contribution is -2.46. The second kappa shape index (κ2) is 10.5. The van der Waals surface area contributed by atoms with Crippen molar-refractivity contribution in [2.75, 3.05) is 60.2 Å². The van der Waals surface area contributed by atoms with E-state index in [2.05, 4.69) is 22.0 Å². The quantitative estimate of drug-likeness (QED) is 0.436. The third-order valence-electron chi connectivity index (χ3n) is 5.44. The van der Waals surface area contributed by atoms with E-state index in [-0.39, 0.29) is 0 Å². The van der Waals surface area contributed by atoms with Gasteiger partial charge in [0.1, 0.15) is 11.3 Å². The Morgan fingerprint density at radius 3 is 2.76 bits per heavy atom. The van der Waals surface area contributed by atoms with Crippen LogP contribution < -0.4 is 10.1 Å². The Morgan fingerprint density at radius 2 is 2.07 bits per heavy atom. The van der Waals surface area contributed by atoms with E-state index in [1.165, 1.54) is 7.11 Å². The van der Waals surface area contributed by atoms with Crippen molar-refractivity contribution in [1.82, 2.24) is 15.1 Å². The monoisotopic (exact) mass is 404 g/mol. The van der Waals surface area contributed by atoms with Gasteiger partial charge in [-0.25, -0.2) is 9.79 Å². The van der Waals surface area contributed by atoms with Gasteiger partial charge in [0.2, 0.25) is 0 Å². The number of nitrogens with one attached hydrogen (secondary N) is 1. The van der Waals surface area contributed by atoms with Crippen molar-refractivity contribution in [3.05, 3.63) is 29.3 Å². The van der Waals surface area contributed by atoms with E-state index < -0.39 is 5.97 Å². The largest absolute Gasteiger partial charge is 0.496 e. The summed E-state index contributed by atoms with van der Waals surface area (Å²) in [6.45, 7) is 9.00. The smallest absolute Gasteiger partial charge is 0.341 e. The third kappa shape index (κ3) is 5.39. The Balaban J connectivity index is 1.68. The van der Waals surface area contributed by atoms with Crippen LogP contribution >= 0.6 is 0 Å². The summed E-state index contributed by atoms with van der Waals surface area (Å²) in [6.07, 6.45) is 1.14. The van der Waals surface area contributed by atoms with E-state index >= 15 is 0 Å². The number of aliphatic imine (C=N–C) groups is 1. The van der Waals surface area contributed by atoms with Gasteiger partial charge < -0.3 is 24.4 Å². The van der Waals surface area contributed by atoms with Crippen molar-refractivity contribution >= 4 is 11.9 Å². The number of likely N-dealkylation sites (tertiary alicyclic amines) is 1. The molecule has 0 radical (unpaired) electrons. The number of carbonyl (C=O) groups excluding carboxylic acids is 1. The summed E-state index contributed by atoms with van der Waals surface area (Å²) in [5.74, 6) is 1.01. The van der Waals surface area contributed by atoms with Crippen molar-refractivity contribution in [3.63, 3.8) is 0 Å². The van der Waals surface area contributed by atoms with E-state index in [1.807, 2.05) is 6.07 Å². The average Bonchev–Trinajstić information content (AvgIpc) is 3.26. The number of benzene rings is 1. The van der Waals surface area contributed by atoms with Crippen molar-refractivity contribution in [2.24, 2.45) is 4.99 Å². The highest BCUT2D eigenvalue weighted by Gasteiger charge is 2.30. The van der Waals surface area contributed by atoms with Gasteiger partial charge in [0, 0.05) is 38.8 Å². The van der Waals surface area contributed by atoms with Crippen LogP contribution in [0.25, 0.3) is 0 Å². The molecular formula is C21H32N4O4. The van der Waals surface area contributed by atoms with Crippen molar-refractivity contribution < 1.29 is 19.0 Å². The Labute approximate surface area is 172 Å². The third-order valence-corrected chi connectivity index (χ3v) is 5.44. The number of hydrogen-bond acceptors (Lipinski definition) is 6.